The number of hydrogen-bond acceptors (Lipinski definition) is 4. The van der Waals surface area contributed by atoms with Crippen LogP contribution < -0.4 is 5.32 Å². The van der Waals surface area contributed by atoms with Gasteiger partial charge < -0.3 is 14.6 Å². The van der Waals surface area contributed by atoms with Gasteiger partial charge in [-0.25, -0.2) is 4.98 Å². The average molecular weight is 293 g/mol. The largest absolute Gasteiger partial charge is 0.439 e. The zero-order valence-electron chi connectivity index (χ0n) is 12.0. The lowest BCUT2D eigenvalue weighted by molar-refractivity contribution is -0.130. The van der Waals surface area contributed by atoms with Gasteiger partial charge in [-0.05, 0) is 23.8 Å². The lowest BCUT2D eigenvalue weighted by atomic mass is 10.2. The number of nitrogens with zero attached hydrogens (tertiary/aromatic N) is 2. The third-order valence-corrected chi connectivity index (χ3v) is 3.83. The molecule has 0 radical (unpaired) electrons. The van der Waals surface area contributed by atoms with Gasteiger partial charge in [-0.2, -0.15) is 0 Å². The minimum atomic E-state index is 0.0402. The van der Waals surface area contributed by atoms with Crippen molar-refractivity contribution in [2.45, 2.75) is 13.1 Å². The highest BCUT2D eigenvalue weighted by Crippen LogP contribution is 2.22. The number of benzene rings is 2. The number of para-hydroxylation sites is 3. The van der Waals surface area contributed by atoms with Crippen LogP contribution in [-0.2, 0) is 17.9 Å². The van der Waals surface area contributed by atoms with Gasteiger partial charge in [0, 0.05) is 12.2 Å². The predicted molar refractivity (Wildman–Crippen MR) is 83.2 cm³/mol. The Balaban J connectivity index is 1.62. The summed E-state index contributed by atoms with van der Waals surface area (Å²) < 4.78 is 5.72. The third-order valence-electron chi connectivity index (χ3n) is 3.83. The van der Waals surface area contributed by atoms with Crippen LogP contribution in [0.3, 0.4) is 0 Å². The number of anilines is 1. The van der Waals surface area contributed by atoms with Crippen LogP contribution in [0.2, 0.25) is 0 Å². The molecule has 3 aromatic rings. The number of nitrogens with one attached hydrogen (secondary N) is 1. The molecule has 110 valence electrons. The molecule has 0 saturated carbocycles. The van der Waals surface area contributed by atoms with Crippen LogP contribution in [0.25, 0.3) is 11.1 Å². The highest BCUT2D eigenvalue weighted by molar-refractivity contribution is 5.82. The van der Waals surface area contributed by atoms with Gasteiger partial charge in [-0.3, -0.25) is 4.79 Å². The van der Waals surface area contributed by atoms with Crippen LogP contribution in [0.15, 0.2) is 52.9 Å². The van der Waals surface area contributed by atoms with Crippen LogP contribution in [0, 0.1) is 0 Å². The number of carbonyl (C=O) groups excluding carboxylic acids is 1. The number of carbonyl (C=O) groups is 1. The molecule has 0 bridgehead atoms. The molecule has 0 fully saturated rings. The van der Waals surface area contributed by atoms with E-state index in [1.807, 2.05) is 48.5 Å². The van der Waals surface area contributed by atoms with Crippen molar-refractivity contribution in [1.29, 1.82) is 0 Å². The molecule has 0 saturated heterocycles. The van der Waals surface area contributed by atoms with Crippen molar-refractivity contribution in [2.24, 2.45) is 0 Å². The fraction of sp³-hybridized carbons (Fsp3) is 0.176. The number of fused-ring (bicyclic) bond motifs is 2. The lowest BCUT2D eigenvalue weighted by Crippen LogP contribution is -2.32. The highest BCUT2D eigenvalue weighted by atomic mass is 16.3. The Bertz CT molecular complexity index is 808. The minimum absolute atomic E-state index is 0.0402. The summed E-state index contributed by atoms with van der Waals surface area (Å²) in [6.45, 7) is 1.22. The zero-order valence-corrected chi connectivity index (χ0v) is 12.0. The van der Waals surface area contributed by atoms with Gasteiger partial charge in [-0.1, -0.05) is 30.3 Å². The molecule has 1 aromatic heterocycles. The summed E-state index contributed by atoms with van der Waals surface area (Å²) in [7, 11) is 0. The Morgan fingerprint density at radius 3 is 2.86 bits per heavy atom. The fourth-order valence-electron chi connectivity index (χ4n) is 2.70. The van der Waals surface area contributed by atoms with Gasteiger partial charge in [0.25, 0.3) is 0 Å². The van der Waals surface area contributed by atoms with E-state index in [1.165, 1.54) is 0 Å². The van der Waals surface area contributed by atoms with Gasteiger partial charge in [0.15, 0.2) is 5.58 Å². The molecule has 4 rings (SSSR count). The van der Waals surface area contributed by atoms with Gasteiger partial charge in [0.1, 0.15) is 5.52 Å². The van der Waals surface area contributed by atoms with E-state index >= 15 is 0 Å². The highest BCUT2D eigenvalue weighted by Gasteiger charge is 2.21. The van der Waals surface area contributed by atoms with Crippen LogP contribution in [0.5, 0.6) is 0 Å². The van der Waals surface area contributed by atoms with E-state index < -0.39 is 0 Å². The first-order valence-electron chi connectivity index (χ1n) is 7.23. The van der Waals surface area contributed by atoms with Crippen LogP contribution in [-0.4, -0.2) is 22.3 Å². The average Bonchev–Trinajstić information content (AvgIpc) is 2.88. The molecule has 1 amide bonds. The summed E-state index contributed by atoms with van der Waals surface area (Å²) in [5.74, 6) is 0.604. The van der Waals surface area contributed by atoms with Gasteiger partial charge in [-0.15, -0.1) is 0 Å². The summed E-state index contributed by atoms with van der Waals surface area (Å²) in [5.41, 5.74) is 3.68. The van der Waals surface area contributed by atoms with Crippen LogP contribution in [0.1, 0.15) is 11.5 Å². The van der Waals surface area contributed by atoms with E-state index in [9.17, 15) is 4.79 Å². The monoisotopic (exact) mass is 293 g/mol. The quantitative estimate of drug-likeness (QED) is 0.789. The molecule has 5 nitrogen and oxygen atoms in total. The Morgan fingerprint density at radius 2 is 1.95 bits per heavy atom. The second-order valence-corrected chi connectivity index (χ2v) is 5.34. The van der Waals surface area contributed by atoms with Crippen molar-refractivity contribution in [1.82, 2.24) is 9.88 Å². The van der Waals surface area contributed by atoms with Gasteiger partial charge in [0.05, 0.1) is 13.1 Å². The van der Waals surface area contributed by atoms with E-state index in [4.69, 9.17) is 4.42 Å². The Morgan fingerprint density at radius 1 is 1.14 bits per heavy atom. The van der Waals surface area contributed by atoms with Crippen molar-refractivity contribution in [3.63, 3.8) is 0 Å². The van der Waals surface area contributed by atoms with Gasteiger partial charge in [0.2, 0.25) is 11.8 Å². The van der Waals surface area contributed by atoms with E-state index in [-0.39, 0.29) is 12.5 Å². The number of rotatable bonds is 2. The van der Waals surface area contributed by atoms with Crippen molar-refractivity contribution in [3.8, 4) is 0 Å². The third kappa shape index (κ3) is 2.30. The first-order chi connectivity index (χ1) is 10.8. The molecule has 1 aliphatic rings. The number of amides is 1. The molecule has 1 N–H and O–H groups in total. The molecular weight excluding hydrogens is 278 g/mol. The molecule has 5 heteroatoms. The van der Waals surface area contributed by atoms with E-state index in [2.05, 4.69) is 10.3 Å². The Labute approximate surface area is 127 Å². The zero-order chi connectivity index (χ0) is 14.9. The second-order valence-electron chi connectivity index (χ2n) is 5.34. The molecule has 2 heterocycles. The normalized spacial score (nSPS) is 14.5. The Hall–Kier alpha value is -2.82. The summed E-state index contributed by atoms with van der Waals surface area (Å²) >= 11 is 0. The maximum atomic E-state index is 12.3. The SMILES string of the molecule is O=C1CNc2ccccc2CN1Cc1nc2ccccc2o1. The summed E-state index contributed by atoms with van der Waals surface area (Å²) in [4.78, 5) is 18.5. The van der Waals surface area contributed by atoms with Crippen molar-refractivity contribution >= 4 is 22.7 Å². The Kier molecular flexibility index (Phi) is 3.04. The van der Waals surface area contributed by atoms with Crippen LogP contribution >= 0.6 is 0 Å². The van der Waals surface area contributed by atoms with Crippen molar-refractivity contribution < 1.29 is 9.21 Å². The number of hydrogen-bond donors (Lipinski definition) is 1. The molecule has 0 spiro atoms. The fourth-order valence-corrected chi connectivity index (χ4v) is 2.70. The van der Waals surface area contributed by atoms with Crippen molar-refractivity contribution in [2.75, 3.05) is 11.9 Å². The lowest BCUT2D eigenvalue weighted by Gasteiger charge is -2.18. The predicted octanol–water partition coefficient (Wildman–Crippen LogP) is 2.78. The molecule has 2 aromatic carbocycles. The molecular formula is C17H15N3O2. The summed E-state index contributed by atoms with van der Waals surface area (Å²) in [6, 6.07) is 15.6. The van der Waals surface area contributed by atoms with Crippen LogP contribution in [0.4, 0.5) is 5.69 Å². The first-order valence-corrected chi connectivity index (χ1v) is 7.23. The second kappa shape index (κ2) is 5.18. The standard InChI is InChI=1S/C17H15N3O2/c21-17-9-18-13-6-2-1-5-12(13)10-20(17)11-16-19-14-7-3-4-8-15(14)22-16/h1-8,18H,9-11H2. The minimum Gasteiger partial charge on any atom is -0.439 e. The van der Waals surface area contributed by atoms with Gasteiger partial charge >= 0.3 is 0 Å². The molecule has 0 aliphatic carbocycles. The summed E-state index contributed by atoms with van der Waals surface area (Å²) in [5, 5.41) is 3.17. The number of oxazole rings is 1. The number of aromatic nitrogens is 1. The summed E-state index contributed by atoms with van der Waals surface area (Å²) in [6.07, 6.45) is 0. The maximum absolute atomic E-state index is 12.3. The van der Waals surface area contributed by atoms with E-state index in [0.29, 0.717) is 19.0 Å². The maximum Gasteiger partial charge on any atom is 0.242 e. The molecule has 1 aliphatic heterocycles. The smallest absolute Gasteiger partial charge is 0.242 e. The van der Waals surface area contributed by atoms with E-state index in [1.54, 1.807) is 4.90 Å². The van der Waals surface area contributed by atoms with Crippen molar-refractivity contribution in [3.05, 3.63) is 60.0 Å². The molecule has 0 atom stereocenters. The molecule has 22 heavy (non-hydrogen) atoms. The molecule has 0 unspecified atom stereocenters. The van der Waals surface area contributed by atoms with E-state index in [0.717, 1.165) is 22.4 Å². The first kappa shape index (κ1) is 12.9. The topological polar surface area (TPSA) is 58.4 Å².